The molecular weight excluding hydrogens is 851 g/mol. The Morgan fingerprint density at radius 3 is 2.38 bits per heavy atom. The van der Waals surface area contributed by atoms with Gasteiger partial charge in [0, 0.05) is 106 Å². The van der Waals surface area contributed by atoms with Crippen molar-refractivity contribution in [3.63, 3.8) is 0 Å². The van der Waals surface area contributed by atoms with Gasteiger partial charge in [-0.1, -0.05) is 13.0 Å². The SMILES string of the molecule is CCN(C)S(=O)(=O)Nc1cccc(C(=O)c2c[nH]c3ncc(-c4ccc(N5CCN(C(=O)CC6(O)CCN(c7ccc(NC8CCC(=O)NC8=O)cc7F)CC6)CC5)nc4)cc23)c1F. The maximum Gasteiger partial charge on any atom is 0.301 e. The number of benzene rings is 2. The number of anilines is 4. The van der Waals surface area contributed by atoms with E-state index in [-0.39, 0.29) is 60.9 Å². The molecule has 3 amide bonds. The van der Waals surface area contributed by atoms with E-state index in [1.54, 1.807) is 42.4 Å². The number of rotatable bonds is 13. The molecule has 17 nitrogen and oxygen atoms in total. The Bertz CT molecular complexity index is 2720. The van der Waals surface area contributed by atoms with Gasteiger partial charge in [0.05, 0.1) is 29.0 Å². The van der Waals surface area contributed by atoms with Crippen molar-refractivity contribution in [2.75, 3.05) is 72.7 Å². The second-order valence-electron chi connectivity index (χ2n) is 16.3. The van der Waals surface area contributed by atoms with Crippen molar-refractivity contribution in [2.45, 2.75) is 50.7 Å². The first-order valence-corrected chi connectivity index (χ1v) is 22.5. The van der Waals surface area contributed by atoms with Crippen LogP contribution in [0, 0.1) is 11.6 Å². The molecule has 0 spiro atoms. The molecule has 5 aromatic rings. The van der Waals surface area contributed by atoms with Crippen LogP contribution in [-0.4, -0.2) is 126 Å². The van der Waals surface area contributed by atoms with Gasteiger partial charge in [-0.25, -0.2) is 18.7 Å². The summed E-state index contributed by atoms with van der Waals surface area (Å²) >= 11 is 0. The Morgan fingerprint density at radius 2 is 1.69 bits per heavy atom. The maximum atomic E-state index is 15.6. The Labute approximate surface area is 368 Å². The average Bonchev–Trinajstić information content (AvgIpc) is 3.71. The molecule has 5 N–H and O–H groups in total. The molecule has 0 radical (unpaired) electrons. The molecule has 1 atom stereocenters. The lowest BCUT2D eigenvalue weighted by atomic mass is 9.87. The number of aliphatic hydroxyl groups is 1. The predicted octanol–water partition coefficient (Wildman–Crippen LogP) is 4.03. The van der Waals surface area contributed by atoms with E-state index in [0.29, 0.717) is 79.5 Å². The summed E-state index contributed by atoms with van der Waals surface area (Å²) in [6.07, 6.45) is 5.81. The van der Waals surface area contributed by atoms with Gasteiger partial charge in [-0.2, -0.15) is 12.7 Å². The van der Waals surface area contributed by atoms with Gasteiger partial charge in [-0.05, 0) is 67.8 Å². The van der Waals surface area contributed by atoms with E-state index in [9.17, 15) is 32.7 Å². The number of carbonyl (C=O) groups excluding carboxylic acids is 4. The van der Waals surface area contributed by atoms with Gasteiger partial charge in [-0.3, -0.25) is 29.2 Å². The van der Waals surface area contributed by atoms with Crippen LogP contribution in [0.25, 0.3) is 22.2 Å². The lowest BCUT2D eigenvalue weighted by Gasteiger charge is -2.41. The summed E-state index contributed by atoms with van der Waals surface area (Å²) in [6, 6.07) is 13.4. The molecule has 0 bridgehead atoms. The van der Waals surface area contributed by atoms with Crippen LogP contribution < -0.4 is 25.2 Å². The minimum Gasteiger partial charge on any atom is -0.389 e. The van der Waals surface area contributed by atoms with Crippen LogP contribution in [0.1, 0.15) is 54.9 Å². The third-order valence-electron chi connectivity index (χ3n) is 12.2. The minimum absolute atomic E-state index is 0.0440. The Balaban J connectivity index is 0.842. The second kappa shape index (κ2) is 17.9. The van der Waals surface area contributed by atoms with Crippen molar-refractivity contribution in [1.29, 1.82) is 0 Å². The molecular formula is C44H48F2N10O7S. The van der Waals surface area contributed by atoms with E-state index >= 15 is 8.78 Å². The molecule has 8 rings (SSSR count). The van der Waals surface area contributed by atoms with Gasteiger partial charge in [0.25, 0.3) is 0 Å². The molecule has 20 heteroatoms. The number of fused-ring (bicyclic) bond motifs is 1. The molecule has 0 saturated carbocycles. The lowest BCUT2D eigenvalue weighted by Crippen LogP contribution is -2.52. The van der Waals surface area contributed by atoms with Crippen LogP contribution >= 0.6 is 0 Å². The van der Waals surface area contributed by atoms with Crippen LogP contribution in [0.3, 0.4) is 0 Å². The maximum absolute atomic E-state index is 15.6. The Kier molecular flexibility index (Phi) is 12.4. The third-order valence-corrected chi connectivity index (χ3v) is 13.8. The van der Waals surface area contributed by atoms with E-state index in [1.807, 2.05) is 17.0 Å². The molecule has 6 heterocycles. The standard InChI is InChI=1S/C44H48F2N10O7S/c1-3-53(2)64(62,63)52-34-6-4-5-30(40(34)46)41(59)32-26-49-42-31(32)21-28(25-48-42)27-7-11-37(47-24-27)55-17-19-56(20-18-55)39(58)23-44(61)13-15-54(16-14-44)36-10-8-29(22-33(36)45)50-35-9-12-38(57)51-43(35)60/h4-8,10-11,21-22,24-26,35,50,52,61H,3,9,12-20,23H2,1-2H3,(H,48,49)(H,51,57,60). The quantitative estimate of drug-likeness (QED) is 0.0838. The fourth-order valence-electron chi connectivity index (χ4n) is 8.22. The smallest absolute Gasteiger partial charge is 0.301 e. The highest BCUT2D eigenvalue weighted by Gasteiger charge is 2.37. The molecule has 2 aromatic carbocycles. The van der Waals surface area contributed by atoms with Crippen LogP contribution in [0.2, 0.25) is 0 Å². The number of halogens is 2. The van der Waals surface area contributed by atoms with E-state index in [2.05, 4.69) is 35.2 Å². The summed E-state index contributed by atoms with van der Waals surface area (Å²) in [4.78, 5) is 68.4. The largest absolute Gasteiger partial charge is 0.389 e. The molecule has 3 aliphatic rings. The zero-order valence-corrected chi connectivity index (χ0v) is 36.1. The summed E-state index contributed by atoms with van der Waals surface area (Å²) in [7, 11) is -2.68. The minimum atomic E-state index is -4.03. The van der Waals surface area contributed by atoms with E-state index < -0.39 is 45.2 Å². The van der Waals surface area contributed by atoms with Crippen molar-refractivity contribution in [2.24, 2.45) is 0 Å². The van der Waals surface area contributed by atoms with Gasteiger partial charge >= 0.3 is 10.2 Å². The Morgan fingerprint density at radius 1 is 0.938 bits per heavy atom. The van der Waals surface area contributed by atoms with Gasteiger partial charge in [0.1, 0.15) is 23.3 Å². The molecule has 3 aromatic heterocycles. The number of amides is 3. The monoisotopic (exact) mass is 898 g/mol. The number of imide groups is 1. The zero-order chi connectivity index (χ0) is 45.3. The number of hydrogen-bond acceptors (Lipinski definition) is 12. The van der Waals surface area contributed by atoms with Crippen molar-refractivity contribution in [3.05, 3.63) is 95.9 Å². The number of carbonyl (C=O) groups is 4. The number of nitrogens with one attached hydrogen (secondary N) is 4. The topological polar surface area (TPSA) is 213 Å². The number of ketones is 1. The zero-order valence-electron chi connectivity index (χ0n) is 35.2. The number of nitrogens with zero attached hydrogens (tertiary/aromatic N) is 6. The third kappa shape index (κ3) is 9.25. The predicted molar refractivity (Wildman–Crippen MR) is 236 cm³/mol. The summed E-state index contributed by atoms with van der Waals surface area (Å²) in [5.74, 6) is -2.36. The molecule has 64 heavy (non-hydrogen) atoms. The van der Waals surface area contributed by atoms with Crippen LogP contribution in [0.5, 0.6) is 0 Å². The van der Waals surface area contributed by atoms with E-state index in [0.717, 1.165) is 9.87 Å². The second-order valence-corrected chi connectivity index (χ2v) is 18.1. The van der Waals surface area contributed by atoms with Crippen molar-refractivity contribution < 1.29 is 41.5 Å². The highest BCUT2D eigenvalue weighted by molar-refractivity contribution is 7.90. The molecule has 1 unspecified atom stereocenters. The normalized spacial score (nSPS) is 18.0. The summed E-state index contributed by atoms with van der Waals surface area (Å²) in [6.45, 7) is 4.42. The first-order valence-electron chi connectivity index (χ1n) is 21.0. The number of aromatic nitrogens is 3. The van der Waals surface area contributed by atoms with E-state index in [4.69, 9.17) is 0 Å². The van der Waals surface area contributed by atoms with E-state index in [1.165, 1.54) is 37.5 Å². The number of aromatic amines is 1. The number of piperidine rings is 2. The lowest BCUT2D eigenvalue weighted by molar-refractivity contribution is -0.138. The molecule has 3 aliphatic heterocycles. The highest BCUT2D eigenvalue weighted by Crippen LogP contribution is 2.33. The van der Waals surface area contributed by atoms with Gasteiger partial charge in [0.2, 0.25) is 17.7 Å². The molecule has 336 valence electrons. The first-order chi connectivity index (χ1) is 30.6. The number of H-pyrrole nitrogens is 1. The van der Waals surface area contributed by atoms with Gasteiger partial charge in [-0.15, -0.1) is 0 Å². The van der Waals surface area contributed by atoms with Gasteiger partial charge in [0.15, 0.2) is 11.6 Å². The number of hydrogen-bond donors (Lipinski definition) is 5. The average molecular weight is 899 g/mol. The summed E-state index contributed by atoms with van der Waals surface area (Å²) in [5, 5.41) is 17.1. The number of piperazine rings is 1. The first kappa shape index (κ1) is 44.1. The summed E-state index contributed by atoms with van der Waals surface area (Å²) < 4.78 is 59.2. The van der Waals surface area contributed by atoms with Crippen molar-refractivity contribution >= 4 is 67.6 Å². The van der Waals surface area contributed by atoms with Crippen LogP contribution in [0.15, 0.2) is 73.2 Å². The number of pyridine rings is 2. The fraction of sp³-hybridized carbons (Fsp3) is 0.364. The van der Waals surface area contributed by atoms with Crippen molar-refractivity contribution in [1.82, 2.24) is 29.5 Å². The van der Waals surface area contributed by atoms with Crippen LogP contribution in [0.4, 0.5) is 31.7 Å². The van der Waals surface area contributed by atoms with Crippen LogP contribution in [-0.2, 0) is 24.6 Å². The fourth-order valence-corrected chi connectivity index (χ4v) is 9.15. The molecule has 3 saturated heterocycles. The van der Waals surface area contributed by atoms with Gasteiger partial charge < -0.3 is 30.1 Å². The summed E-state index contributed by atoms with van der Waals surface area (Å²) in [5.41, 5.74) is 0.840. The Hall–Kier alpha value is -6.51. The molecule has 3 fully saturated rings. The highest BCUT2D eigenvalue weighted by atomic mass is 32.2. The molecule has 0 aliphatic carbocycles. The van der Waals surface area contributed by atoms with Crippen molar-refractivity contribution in [3.8, 4) is 11.1 Å².